The van der Waals surface area contributed by atoms with Crippen molar-refractivity contribution in [3.05, 3.63) is 41.2 Å². The minimum Gasteiger partial charge on any atom is -0.221 e. The van der Waals surface area contributed by atoms with Crippen molar-refractivity contribution in [2.75, 3.05) is 0 Å². The van der Waals surface area contributed by atoms with Crippen LogP contribution < -0.4 is 0 Å². The van der Waals surface area contributed by atoms with Crippen molar-refractivity contribution in [3.8, 4) is 16.6 Å². The third kappa shape index (κ3) is 1.50. The second-order valence-corrected chi connectivity index (χ2v) is 5.03. The number of hydrogen-bond acceptors (Lipinski definition) is 4. The Balaban J connectivity index is 2.25. The van der Waals surface area contributed by atoms with Gasteiger partial charge in [0, 0.05) is 5.56 Å². The number of aromatic nitrogens is 3. The van der Waals surface area contributed by atoms with Crippen LogP contribution in [0.5, 0.6) is 0 Å². The van der Waals surface area contributed by atoms with Gasteiger partial charge in [0.25, 0.3) is 0 Å². The molecule has 0 unspecified atom stereocenters. The molecule has 0 aliphatic carbocycles. The Morgan fingerprint density at radius 1 is 1.28 bits per heavy atom. The molecular formula is C13H10N4S. The van der Waals surface area contributed by atoms with Gasteiger partial charge < -0.3 is 0 Å². The van der Waals surface area contributed by atoms with Gasteiger partial charge in [0.2, 0.25) is 4.96 Å². The second kappa shape index (κ2) is 3.93. The second-order valence-electron chi connectivity index (χ2n) is 4.07. The van der Waals surface area contributed by atoms with E-state index in [1.807, 2.05) is 25.1 Å². The lowest BCUT2D eigenvalue weighted by molar-refractivity contribution is 0.955. The molecule has 0 saturated heterocycles. The van der Waals surface area contributed by atoms with Crippen LogP contribution in [0.4, 0.5) is 0 Å². The molecule has 3 aromatic rings. The number of rotatable bonds is 1. The molecule has 0 aliphatic rings. The van der Waals surface area contributed by atoms with E-state index in [1.165, 1.54) is 16.9 Å². The third-order valence-corrected chi connectivity index (χ3v) is 3.80. The number of benzene rings is 1. The summed E-state index contributed by atoms with van der Waals surface area (Å²) in [6, 6.07) is 10.2. The third-order valence-electron chi connectivity index (χ3n) is 2.86. The van der Waals surface area contributed by atoms with Gasteiger partial charge in [0.05, 0.1) is 5.69 Å². The van der Waals surface area contributed by atoms with Crippen LogP contribution in [0.15, 0.2) is 24.3 Å². The van der Waals surface area contributed by atoms with Crippen LogP contribution >= 0.6 is 11.3 Å². The number of nitriles is 1. The van der Waals surface area contributed by atoms with Crippen molar-refractivity contribution >= 4 is 16.3 Å². The normalized spacial score (nSPS) is 10.7. The summed E-state index contributed by atoms with van der Waals surface area (Å²) < 4.78 is 1.63. The first-order valence-electron chi connectivity index (χ1n) is 5.53. The SMILES string of the molecule is Cc1ccccc1-c1nn2c(C#N)c(C)nc2s1. The quantitative estimate of drug-likeness (QED) is 0.671. The fraction of sp³-hybridized carbons (Fsp3) is 0.154. The van der Waals surface area contributed by atoms with Gasteiger partial charge >= 0.3 is 0 Å². The molecule has 0 bridgehead atoms. The molecular weight excluding hydrogens is 244 g/mol. The predicted molar refractivity (Wildman–Crippen MR) is 70.5 cm³/mol. The fourth-order valence-electron chi connectivity index (χ4n) is 1.90. The Labute approximate surface area is 108 Å². The molecule has 0 amide bonds. The highest BCUT2D eigenvalue weighted by molar-refractivity contribution is 7.19. The summed E-state index contributed by atoms with van der Waals surface area (Å²) in [5, 5.41) is 14.5. The van der Waals surface area contributed by atoms with Crippen molar-refractivity contribution in [1.82, 2.24) is 14.6 Å². The van der Waals surface area contributed by atoms with Gasteiger partial charge in [0.1, 0.15) is 11.1 Å². The van der Waals surface area contributed by atoms with Gasteiger partial charge in [0.15, 0.2) is 5.69 Å². The van der Waals surface area contributed by atoms with Crippen LogP contribution in [-0.2, 0) is 0 Å². The summed E-state index contributed by atoms with van der Waals surface area (Å²) in [5.74, 6) is 0. The fourth-order valence-corrected chi connectivity index (χ4v) is 2.93. The van der Waals surface area contributed by atoms with Crippen molar-refractivity contribution in [2.24, 2.45) is 0 Å². The summed E-state index contributed by atoms with van der Waals surface area (Å²) in [6.45, 7) is 3.88. The summed E-state index contributed by atoms with van der Waals surface area (Å²) in [7, 11) is 0. The minimum absolute atomic E-state index is 0.515. The molecule has 0 radical (unpaired) electrons. The highest BCUT2D eigenvalue weighted by Gasteiger charge is 2.14. The first-order valence-corrected chi connectivity index (χ1v) is 6.34. The van der Waals surface area contributed by atoms with Crippen molar-refractivity contribution < 1.29 is 0 Å². The van der Waals surface area contributed by atoms with Crippen LogP contribution in [0, 0.1) is 25.2 Å². The van der Waals surface area contributed by atoms with Crippen LogP contribution in [0.3, 0.4) is 0 Å². The number of hydrogen-bond donors (Lipinski definition) is 0. The molecule has 3 rings (SSSR count). The molecule has 1 aromatic carbocycles. The smallest absolute Gasteiger partial charge is 0.213 e. The average Bonchev–Trinajstić information content (AvgIpc) is 2.86. The zero-order valence-corrected chi connectivity index (χ0v) is 10.8. The van der Waals surface area contributed by atoms with Crippen LogP contribution in [0.2, 0.25) is 0 Å². The first-order chi connectivity index (χ1) is 8.70. The molecule has 5 heteroatoms. The molecule has 0 atom stereocenters. The Bertz CT molecular complexity index is 776. The van der Waals surface area contributed by atoms with E-state index < -0.39 is 0 Å². The molecule has 4 nitrogen and oxygen atoms in total. The summed E-state index contributed by atoms with van der Waals surface area (Å²) >= 11 is 1.50. The molecule has 0 spiro atoms. The van der Waals surface area contributed by atoms with Crippen LogP contribution in [0.1, 0.15) is 17.0 Å². The van der Waals surface area contributed by atoms with Gasteiger partial charge in [-0.3, -0.25) is 0 Å². The van der Waals surface area contributed by atoms with Gasteiger partial charge in [-0.2, -0.15) is 14.9 Å². The van der Waals surface area contributed by atoms with Gasteiger partial charge in [-0.1, -0.05) is 35.6 Å². The van der Waals surface area contributed by atoms with Crippen molar-refractivity contribution in [1.29, 1.82) is 5.26 Å². The van der Waals surface area contributed by atoms with E-state index in [-0.39, 0.29) is 0 Å². The summed E-state index contributed by atoms with van der Waals surface area (Å²) in [4.78, 5) is 5.12. The molecule has 18 heavy (non-hydrogen) atoms. The summed E-state index contributed by atoms with van der Waals surface area (Å²) in [6.07, 6.45) is 0. The molecule has 0 saturated carbocycles. The highest BCUT2D eigenvalue weighted by atomic mass is 32.1. The molecule has 0 N–H and O–H groups in total. The molecule has 2 heterocycles. The lowest BCUT2D eigenvalue weighted by Gasteiger charge is -1.99. The van der Waals surface area contributed by atoms with Gasteiger partial charge in [-0.25, -0.2) is 4.98 Å². The van der Waals surface area contributed by atoms with Crippen molar-refractivity contribution in [2.45, 2.75) is 13.8 Å². The number of aryl methyl sites for hydroxylation is 2. The Morgan fingerprint density at radius 2 is 2.06 bits per heavy atom. The van der Waals surface area contributed by atoms with E-state index >= 15 is 0 Å². The summed E-state index contributed by atoms with van der Waals surface area (Å²) in [5.41, 5.74) is 3.51. The lowest BCUT2D eigenvalue weighted by Crippen LogP contribution is -1.91. The highest BCUT2D eigenvalue weighted by Crippen LogP contribution is 2.28. The Morgan fingerprint density at radius 3 is 2.78 bits per heavy atom. The molecule has 2 aromatic heterocycles. The van der Waals surface area contributed by atoms with E-state index in [1.54, 1.807) is 4.52 Å². The monoisotopic (exact) mass is 254 g/mol. The standard InChI is InChI=1S/C13H10N4S/c1-8-5-3-4-6-10(8)12-16-17-11(7-14)9(2)15-13(17)18-12/h3-6H,1-2H3. The van der Waals surface area contributed by atoms with Crippen molar-refractivity contribution in [3.63, 3.8) is 0 Å². The zero-order chi connectivity index (χ0) is 12.7. The predicted octanol–water partition coefficient (Wildman–Crippen LogP) is 2.95. The lowest BCUT2D eigenvalue weighted by atomic mass is 10.1. The maximum atomic E-state index is 9.09. The van der Waals surface area contributed by atoms with E-state index in [0.29, 0.717) is 5.69 Å². The first kappa shape index (κ1) is 10.9. The zero-order valence-electron chi connectivity index (χ0n) is 10.0. The molecule has 0 fully saturated rings. The van der Waals surface area contributed by atoms with Gasteiger partial charge in [-0.15, -0.1) is 0 Å². The molecule has 88 valence electrons. The van der Waals surface area contributed by atoms with Crippen LogP contribution in [-0.4, -0.2) is 14.6 Å². The van der Waals surface area contributed by atoms with E-state index in [9.17, 15) is 0 Å². The van der Waals surface area contributed by atoms with E-state index in [0.717, 1.165) is 21.2 Å². The van der Waals surface area contributed by atoms with E-state index in [4.69, 9.17) is 5.26 Å². The maximum absolute atomic E-state index is 9.09. The maximum Gasteiger partial charge on any atom is 0.213 e. The molecule has 0 aliphatic heterocycles. The van der Waals surface area contributed by atoms with Crippen LogP contribution in [0.25, 0.3) is 15.5 Å². The average molecular weight is 254 g/mol. The van der Waals surface area contributed by atoms with E-state index in [2.05, 4.69) is 29.1 Å². The topological polar surface area (TPSA) is 54.0 Å². The van der Waals surface area contributed by atoms with Gasteiger partial charge in [-0.05, 0) is 19.4 Å². The number of nitrogens with zero attached hydrogens (tertiary/aromatic N) is 4. The number of fused-ring (bicyclic) bond motifs is 1. The largest absolute Gasteiger partial charge is 0.221 e. The Hall–Kier alpha value is -2.19. The minimum atomic E-state index is 0.515. The number of imidazole rings is 1. The Kier molecular flexibility index (Phi) is 2.39.